The van der Waals surface area contributed by atoms with E-state index in [2.05, 4.69) is 4.74 Å². The second-order valence-electron chi connectivity index (χ2n) is 8.99. The first-order valence-electron chi connectivity index (χ1n) is 10.0. The van der Waals surface area contributed by atoms with E-state index in [9.17, 15) is 28.6 Å². The van der Waals surface area contributed by atoms with Crippen molar-refractivity contribution in [2.24, 2.45) is 5.92 Å². The standard InChI is InChI=1S/C21H27F2NO7/c1-20(2,3)31-19(27)24-11-21(28,9-14(24)17(25)26)13-6-7-15(30-18(22)23)16(8-13)29-10-12-4-5-12/h6-8,12,14,18,28H,4-5,9-11H2,1-3H3,(H,25,26)/t14-,21-/m0/s1. The Labute approximate surface area is 178 Å². The lowest BCUT2D eigenvalue weighted by atomic mass is 9.91. The molecule has 1 amide bonds. The highest BCUT2D eigenvalue weighted by Crippen LogP contribution is 2.41. The number of ether oxygens (including phenoxy) is 3. The summed E-state index contributed by atoms with van der Waals surface area (Å²) in [7, 11) is 0. The number of halogens is 2. The van der Waals surface area contributed by atoms with Crippen LogP contribution in [-0.2, 0) is 15.1 Å². The lowest BCUT2D eigenvalue weighted by Gasteiger charge is -2.28. The maximum Gasteiger partial charge on any atom is 0.411 e. The summed E-state index contributed by atoms with van der Waals surface area (Å²) in [5, 5.41) is 20.8. The van der Waals surface area contributed by atoms with Gasteiger partial charge in [-0.05, 0) is 57.2 Å². The molecule has 10 heteroatoms. The Morgan fingerprint density at radius 2 is 1.94 bits per heavy atom. The number of aliphatic carboxylic acids is 1. The maximum absolute atomic E-state index is 12.8. The summed E-state index contributed by atoms with van der Waals surface area (Å²) in [6.45, 7) is 1.87. The fourth-order valence-corrected chi connectivity index (χ4v) is 3.42. The van der Waals surface area contributed by atoms with Gasteiger partial charge in [-0.25, -0.2) is 9.59 Å². The monoisotopic (exact) mass is 443 g/mol. The van der Waals surface area contributed by atoms with E-state index in [0.717, 1.165) is 17.7 Å². The topological polar surface area (TPSA) is 106 Å². The van der Waals surface area contributed by atoms with Crippen molar-refractivity contribution >= 4 is 12.1 Å². The van der Waals surface area contributed by atoms with Crippen molar-refractivity contribution in [3.63, 3.8) is 0 Å². The number of amides is 1. The zero-order valence-corrected chi connectivity index (χ0v) is 17.6. The zero-order valence-electron chi connectivity index (χ0n) is 17.6. The van der Waals surface area contributed by atoms with Crippen LogP contribution in [0.4, 0.5) is 13.6 Å². The molecule has 0 spiro atoms. The number of benzene rings is 1. The molecule has 1 aromatic carbocycles. The minimum Gasteiger partial charge on any atom is -0.489 e. The molecule has 1 aliphatic heterocycles. The maximum atomic E-state index is 12.8. The van der Waals surface area contributed by atoms with Crippen LogP contribution in [0.1, 0.15) is 45.6 Å². The van der Waals surface area contributed by atoms with Crippen LogP contribution in [0, 0.1) is 5.92 Å². The molecule has 2 atom stereocenters. The van der Waals surface area contributed by atoms with E-state index in [1.807, 2.05) is 0 Å². The summed E-state index contributed by atoms with van der Waals surface area (Å²) in [6, 6.07) is 2.65. The van der Waals surface area contributed by atoms with E-state index in [4.69, 9.17) is 9.47 Å². The molecule has 2 N–H and O–H groups in total. The summed E-state index contributed by atoms with van der Waals surface area (Å²) in [5.41, 5.74) is -2.35. The van der Waals surface area contributed by atoms with E-state index in [-0.39, 0.29) is 30.0 Å². The number of β-amino-alcohol motifs (C(OH)–C–C–N with tert-alkyl or cyclic N) is 1. The number of alkyl halides is 2. The molecular weight excluding hydrogens is 416 g/mol. The Morgan fingerprint density at radius 3 is 2.48 bits per heavy atom. The smallest absolute Gasteiger partial charge is 0.411 e. The van der Waals surface area contributed by atoms with Gasteiger partial charge in [0.25, 0.3) is 0 Å². The number of rotatable bonds is 7. The molecule has 1 aliphatic carbocycles. The van der Waals surface area contributed by atoms with Crippen LogP contribution in [0.25, 0.3) is 0 Å². The first kappa shape index (κ1) is 23.1. The molecular formula is C21H27F2NO7. The number of carboxylic acid groups (broad SMARTS) is 1. The van der Waals surface area contributed by atoms with Crippen molar-refractivity contribution in [2.45, 2.75) is 63.9 Å². The van der Waals surface area contributed by atoms with E-state index >= 15 is 0 Å². The van der Waals surface area contributed by atoms with Crippen LogP contribution in [-0.4, -0.2) is 58.6 Å². The van der Waals surface area contributed by atoms with Gasteiger partial charge in [-0.15, -0.1) is 0 Å². The lowest BCUT2D eigenvalue weighted by molar-refractivity contribution is -0.142. The fraction of sp³-hybridized carbons (Fsp3) is 0.619. The summed E-state index contributed by atoms with van der Waals surface area (Å²) >= 11 is 0. The van der Waals surface area contributed by atoms with E-state index in [1.54, 1.807) is 20.8 Å². The average molecular weight is 443 g/mol. The van der Waals surface area contributed by atoms with Gasteiger partial charge in [-0.1, -0.05) is 6.07 Å². The van der Waals surface area contributed by atoms with Gasteiger partial charge in [0, 0.05) is 6.42 Å². The molecule has 0 aromatic heterocycles. The van der Waals surface area contributed by atoms with Crippen molar-refractivity contribution in [1.82, 2.24) is 4.90 Å². The molecule has 2 aliphatic rings. The van der Waals surface area contributed by atoms with Crippen LogP contribution >= 0.6 is 0 Å². The summed E-state index contributed by atoms with van der Waals surface area (Å²) in [5.74, 6) is -1.10. The van der Waals surface area contributed by atoms with Crippen molar-refractivity contribution in [3.8, 4) is 11.5 Å². The Balaban J connectivity index is 1.87. The van der Waals surface area contributed by atoms with Crippen LogP contribution in [0.15, 0.2) is 18.2 Å². The molecule has 1 saturated heterocycles. The van der Waals surface area contributed by atoms with Crippen molar-refractivity contribution in [1.29, 1.82) is 0 Å². The Bertz CT molecular complexity index is 838. The molecule has 1 aromatic rings. The number of hydrogen-bond donors (Lipinski definition) is 2. The Hall–Kier alpha value is -2.62. The van der Waals surface area contributed by atoms with Crippen molar-refractivity contribution < 1.29 is 42.8 Å². The highest BCUT2D eigenvalue weighted by molar-refractivity contribution is 5.81. The number of likely N-dealkylation sites (tertiary alicyclic amines) is 1. The van der Waals surface area contributed by atoms with E-state index in [0.29, 0.717) is 12.5 Å². The number of hydrogen-bond acceptors (Lipinski definition) is 6. The minimum atomic E-state index is -3.05. The lowest BCUT2D eigenvalue weighted by Crippen LogP contribution is -2.43. The van der Waals surface area contributed by atoms with Gasteiger partial charge in [-0.2, -0.15) is 8.78 Å². The second-order valence-corrected chi connectivity index (χ2v) is 8.99. The van der Waals surface area contributed by atoms with Gasteiger partial charge in [0.2, 0.25) is 0 Å². The predicted molar refractivity (Wildman–Crippen MR) is 104 cm³/mol. The highest BCUT2D eigenvalue weighted by Gasteiger charge is 2.50. The summed E-state index contributed by atoms with van der Waals surface area (Å²) in [6.07, 6.45) is 0.817. The molecule has 1 heterocycles. The molecule has 3 rings (SSSR count). The average Bonchev–Trinajstić information content (AvgIpc) is 3.39. The largest absolute Gasteiger partial charge is 0.489 e. The SMILES string of the molecule is CC(C)(C)OC(=O)N1C[C@](O)(c2ccc(OC(F)F)c(OCC3CC3)c2)C[C@H]1C(=O)O. The van der Waals surface area contributed by atoms with E-state index in [1.165, 1.54) is 18.2 Å². The number of aliphatic hydroxyl groups is 1. The second kappa shape index (κ2) is 8.49. The molecule has 172 valence electrons. The van der Waals surface area contributed by atoms with Gasteiger partial charge < -0.3 is 24.4 Å². The fourth-order valence-electron chi connectivity index (χ4n) is 3.42. The molecule has 2 fully saturated rings. The van der Waals surface area contributed by atoms with Gasteiger partial charge >= 0.3 is 18.7 Å². The van der Waals surface area contributed by atoms with Gasteiger partial charge in [0.1, 0.15) is 17.2 Å². The summed E-state index contributed by atoms with van der Waals surface area (Å²) < 4.78 is 40.9. The minimum absolute atomic E-state index is 0.0284. The molecule has 0 unspecified atom stereocenters. The third-order valence-corrected chi connectivity index (χ3v) is 5.12. The molecule has 0 bridgehead atoms. The van der Waals surface area contributed by atoms with Gasteiger partial charge in [-0.3, -0.25) is 4.90 Å². The molecule has 31 heavy (non-hydrogen) atoms. The molecule has 0 radical (unpaired) electrons. The third-order valence-electron chi connectivity index (χ3n) is 5.12. The zero-order chi connectivity index (χ0) is 23.0. The van der Waals surface area contributed by atoms with Crippen LogP contribution < -0.4 is 9.47 Å². The Kier molecular flexibility index (Phi) is 6.31. The predicted octanol–water partition coefficient (Wildman–Crippen LogP) is 3.36. The van der Waals surface area contributed by atoms with Crippen molar-refractivity contribution in [3.05, 3.63) is 23.8 Å². The highest BCUT2D eigenvalue weighted by atomic mass is 19.3. The van der Waals surface area contributed by atoms with Gasteiger partial charge in [0.15, 0.2) is 11.5 Å². The number of carbonyl (C=O) groups excluding carboxylic acids is 1. The third kappa shape index (κ3) is 5.75. The molecule has 8 nitrogen and oxygen atoms in total. The quantitative estimate of drug-likeness (QED) is 0.666. The van der Waals surface area contributed by atoms with Crippen LogP contribution in [0.5, 0.6) is 11.5 Å². The van der Waals surface area contributed by atoms with Gasteiger partial charge in [0.05, 0.1) is 13.2 Å². The summed E-state index contributed by atoms with van der Waals surface area (Å²) in [4.78, 5) is 25.2. The number of nitrogens with zero attached hydrogens (tertiary/aromatic N) is 1. The first-order chi connectivity index (χ1) is 14.4. The van der Waals surface area contributed by atoms with Crippen LogP contribution in [0.3, 0.4) is 0 Å². The number of carboxylic acids is 1. The molecule has 1 saturated carbocycles. The van der Waals surface area contributed by atoms with Crippen molar-refractivity contribution in [2.75, 3.05) is 13.2 Å². The number of carbonyl (C=O) groups is 2. The van der Waals surface area contributed by atoms with E-state index < -0.39 is 35.9 Å². The normalized spacial score (nSPS) is 23.7. The Morgan fingerprint density at radius 1 is 1.26 bits per heavy atom. The first-order valence-corrected chi connectivity index (χ1v) is 10.0. The van der Waals surface area contributed by atoms with Crippen LogP contribution in [0.2, 0.25) is 0 Å².